The Bertz CT molecular complexity index is 687. The van der Waals surface area contributed by atoms with Crippen LogP contribution in [0.25, 0.3) is 6.08 Å². The molecule has 6 heteroatoms. The monoisotopic (exact) mass is 362 g/mol. The summed E-state index contributed by atoms with van der Waals surface area (Å²) in [6.45, 7) is 0.374. The Labute approximate surface area is 136 Å². The first kappa shape index (κ1) is 16.0. The van der Waals surface area contributed by atoms with E-state index in [1.165, 1.54) is 6.08 Å². The summed E-state index contributed by atoms with van der Waals surface area (Å²) in [5.41, 5.74) is 6.82. The van der Waals surface area contributed by atoms with Gasteiger partial charge < -0.3 is 15.2 Å². The van der Waals surface area contributed by atoms with Gasteiger partial charge in [-0.15, -0.1) is 0 Å². The lowest BCUT2D eigenvalue weighted by Crippen LogP contribution is -2.05. The molecule has 1 heterocycles. The number of amides is 1. The average Bonchev–Trinajstić information content (AvgIpc) is 2.52. The Hall–Kier alpha value is -2.34. The smallest absolute Gasteiger partial charge is 0.241 e. The molecule has 0 saturated carbocycles. The maximum Gasteiger partial charge on any atom is 0.241 e. The third-order valence-corrected chi connectivity index (χ3v) is 3.39. The molecule has 1 aromatic carbocycles. The van der Waals surface area contributed by atoms with Crippen LogP contribution in [0.2, 0.25) is 0 Å². The zero-order valence-corrected chi connectivity index (χ0v) is 13.5. The SMILES string of the molecule is COc1cc(/C=C/C(N)=O)cc(Br)c1OCc1cccnc1. The van der Waals surface area contributed by atoms with Crippen LogP contribution in [-0.2, 0) is 11.4 Å². The van der Waals surface area contributed by atoms with E-state index >= 15 is 0 Å². The van der Waals surface area contributed by atoms with Crippen LogP contribution in [0, 0.1) is 0 Å². The number of hydrogen-bond acceptors (Lipinski definition) is 4. The predicted molar refractivity (Wildman–Crippen MR) is 87.5 cm³/mol. The molecule has 1 aromatic heterocycles. The predicted octanol–water partition coefficient (Wildman–Crippen LogP) is 2.93. The van der Waals surface area contributed by atoms with Gasteiger partial charge in [0, 0.05) is 24.0 Å². The maximum absolute atomic E-state index is 10.8. The van der Waals surface area contributed by atoms with Gasteiger partial charge in [0.15, 0.2) is 11.5 Å². The number of nitrogens with zero attached hydrogens (tertiary/aromatic N) is 1. The van der Waals surface area contributed by atoms with Crippen molar-refractivity contribution in [3.05, 3.63) is 58.3 Å². The second-order valence-corrected chi connectivity index (χ2v) is 5.27. The lowest BCUT2D eigenvalue weighted by molar-refractivity contribution is -0.113. The highest BCUT2D eigenvalue weighted by Gasteiger charge is 2.11. The highest BCUT2D eigenvalue weighted by Crippen LogP contribution is 2.37. The Morgan fingerprint density at radius 2 is 2.27 bits per heavy atom. The first-order valence-electron chi connectivity index (χ1n) is 6.47. The topological polar surface area (TPSA) is 74.4 Å². The van der Waals surface area contributed by atoms with E-state index in [2.05, 4.69) is 20.9 Å². The molecular weight excluding hydrogens is 348 g/mol. The van der Waals surface area contributed by atoms with E-state index in [-0.39, 0.29) is 0 Å². The molecule has 5 nitrogen and oxygen atoms in total. The van der Waals surface area contributed by atoms with Crippen LogP contribution < -0.4 is 15.2 Å². The molecule has 2 rings (SSSR count). The Balaban J connectivity index is 2.22. The molecule has 0 aliphatic rings. The number of hydrogen-bond donors (Lipinski definition) is 1. The summed E-state index contributed by atoms with van der Waals surface area (Å²) in [6, 6.07) is 7.36. The minimum Gasteiger partial charge on any atom is -0.493 e. The van der Waals surface area contributed by atoms with Crippen LogP contribution >= 0.6 is 15.9 Å². The van der Waals surface area contributed by atoms with Crippen LogP contribution in [0.5, 0.6) is 11.5 Å². The number of ether oxygens (including phenoxy) is 2. The summed E-state index contributed by atoms with van der Waals surface area (Å²) < 4.78 is 11.9. The van der Waals surface area contributed by atoms with Gasteiger partial charge in [0.1, 0.15) is 6.61 Å². The van der Waals surface area contributed by atoms with E-state index in [9.17, 15) is 4.79 Å². The van der Waals surface area contributed by atoms with E-state index in [0.717, 1.165) is 15.6 Å². The molecule has 0 bridgehead atoms. The van der Waals surface area contributed by atoms with Gasteiger partial charge in [-0.3, -0.25) is 9.78 Å². The number of pyridine rings is 1. The average molecular weight is 363 g/mol. The molecule has 2 aromatic rings. The number of rotatable bonds is 6. The first-order valence-corrected chi connectivity index (χ1v) is 7.26. The summed E-state index contributed by atoms with van der Waals surface area (Å²) in [5, 5.41) is 0. The fraction of sp³-hybridized carbons (Fsp3) is 0.125. The molecule has 0 unspecified atom stereocenters. The molecule has 114 valence electrons. The van der Waals surface area contributed by atoms with Crippen molar-refractivity contribution >= 4 is 27.9 Å². The van der Waals surface area contributed by atoms with Gasteiger partial charge in [-0.05, 0) is 45.8 Å². The Kier molecular flexibility index (Phi) is 5.55. The van der Waals surface area contributed by atoms with E-state index in [1.807, 2.05) is 18.2 Å². The minimum absolute atomic E-state index is 0.374. The highest BCUT2D eigenvalue weighted by molar-refractivity contribution is 9.10. The van der Waals surface area contributed by atoms with Gasteiger partial charge in [-0.1, -0.05) is 6.07 Å². The molecule has 1 amide bonds. The third-order valence-electron chi connectivity index (χ3n) is 2.80. The zero-order valence-electron chi connectivity index (χ0n) is 12.0. The second kappa shape index (κ2) is 7.61. The van der Waals surface area contributed by atoms with Gasteiger partial charge in [-0.2, -0.15) is 0 Å². The van der Waals surface area contributed by atoms with E-state index in [0.29, 0.717) is 18.1 Å². The van der Waals surface area contributed by atoms with E-state index in [4.69, 9.17) is 15.2 Å². The van der Waals surface area contributed by atoms with Crippen LogP contribution in [0.3, 0.4) is 0 Å². The quantitative estimate of drug-likeness (QED) is 0.801. The van der Waals surface area contributed by atoms with Crippen molar-refractivity contribution in [2.75, 3.05) is 7.11 Å². The molecule has 0 radical (unpaired) electrons. The van der Waals surface area contributed by atoms with Crippen molar-refractivity contribution in [1.82, 2.24) is 4.98 Å². The number of nitrogens with two attached hydrogens (primary N) is 1. The summed E-state index contributed by atoms with van der Waals surface area (Å²) in [7, 11) is 1.56. The van der Waals surface area contributed by atoms with Crippen molar-refractivity contribution < 1.29 is 14.3 Å². The van der Waals surface area contributed by atoms with Gasteiger partial charge in [0.2, 0.25) is 5.91 Å². The summed E-state index contributed by atoms with van der Waals surface area (Å²) >= 11 is 3.45. The van der Waals surface area contributed by atoms with Crippen molar-refractivity contribution in [3.8, 4) is 11.5 Å². The highest BCUT2D eigenvalue weighted by atomic mass is 79.9. The number of primary amides is 1. The van der Waals surface area contributed by atoms with Crippen LogP contribution in [-0.4, -0.2) is 18.0 Å². The van der Waals surface area contributed by atoms with Gasteiger partial charge >= 0.3 is 0 Å². The summed E-state index contributed by atoms with van der Waals surface area (Å²) in [5.74, 6) is 0.636. The lowest BCUT2D eigenvalue weighted by atomic mass is 10.2. The number of carbonyl (C=O) groups excluding carboxylic acids is 1. The maximum atomic E-state index is 10.8. The van der Waals surface area contributed by atoms with Gasteiger partial charge in [0.25, 0.3) is 0 Å². The lowest BCUT2D eigenvalue weighted by Gasteiger charge is -2.13. The fourth-order valence-electron chi connectivity index (χ4n) is 1.79. The number of benzene rings is 1. The number of aromatic nitrogens is 1. The fourth-order valence-corrected chi connectivity index (χ4v) is 2.37. The molecular formula is C16H15BrN2O3. The molecule has 0 atom stereocenters. The number of carbonyl (C=O) groups is 1. The van der Waals surface area contributed by atoms with Crippen molar-refractivity contribution in [1.29, 1.82) is 0 Å². The van der Waals surface area contributed by atoms with E-state index < -0.39 is 5.91 Å². The molecule has 22 heavy (non-hydrogen) atoms. The standard InChI is InChI=1S/C16H15BrN2O3/c1-21-14-8-11(4-5-15(18)20)7-13(17)16(14)22-10-12-3-2-6-19-9-12/h2-9H,10H2,1H3,(H2,18,20)/b5-4+. The molecule has 0 saturated heterocycles. The first-order chi connectivity index (χ1) is 10.6. The number of methoxy groups -OCH3 is 1. The van der Waals surface area contributed by atoms with Crippen molar-refractivity contribution in [2.24, 2.45) is 5.73 Å². The second-order valence-electron chi connectivity index (χ2n) is 4.42. The third kappa shape index (κ3) is 4.33. The number of halogens is 1. The molecule has 2 N–H and O–H groups in total. The molecule has 0 aliphatic carbocycles. The van der Waals surface area contributed by atoms with Crippen LogP contribution in [0.15, 0.2) is 47.2 Å². The van der Waals surface area contributed by atoms with Crippen molar-refractivity contribution in [3.63, 3.8) is 0 Å². The largest absolute Gasteiger partial charge is 0.493 e. The summed E-state index contributed by atoms with van der Waals surface area (Å²) in [4.78, 5) is 14.8. The molecule has 0 fully saturated rings. The minimum atomic E-state index is -0.507. The molecule has 0 spiro atoms. The van der Waals surface area contributed by atoms with Gasteiger partial charge in [-0.25, -0.2) is 0 Å². The Morgan fingerprint density at radius 1 is 1.45 bits per heavy atom. The van der Waals surface area contributed by atoms with Crippen LogP contribution in [0.1, 0.15) is 11.1 Å². The summed E-state index contributed by atoms with van der Waals surface area (Å²) in [6.07, 6.45) is 6.35. The molecule has 0 aliphatic heterocycles. The van der Waals surface area contributed by atoms with E-state index in [1.54, 1.807) is 31.6 Å². The van der Waals surface area contributed by atoms with Crippen molar-refractivity contribution in [2.45, 2.75) is 6.61 Å². The normalized spacial score (nSPS) is 10.6. The zero-order chi connectivity index (χ0) is 15.9. The van der Waals surface area contributed by atoms with Crippen LogP contribution in [0.4, 0.5) is 0 Å². The Morgan fingerprint density at radius 3 is 2.91 bits per heavy atom. The van der Waals surface area contributed by atoms with Gasteiger partial charge in [0.05, 0.1) is 11.6 Å².